The van der Waals surface area contributed by atoms with E-state index in [1.165, 1.54) is 37.7 Å². The van der Waals surface area contributed by atoms with Gasteiger partial charge >= 0.3 is 11.9 Å². The lowest BCUT2D eigenvalue weighted by molar-refractivity contribution is -0.138. The van der Waals surface area contributed by atoms with Gasteiger partial charge in [-0.2, -0.15) is 0 Å². The molecule has 0 aliphatic carbocycles. The number of likely N-dealkylation sites (N-methyl/N-ethyl adjacent to an activating group) is 1. The van der Waals surface area contributed by atoms with Crippen molar-refractivity contribution in [2.75, 3.05) is 28.3 Å². The Hall–Kier alpha value is -0.990. The number of esters is 2. The van der Waals surface area contributed by atoms with Crippen molar-refractivity contribution in [2.24, 2.45) is 0 Å². The van der Waals surface area contributed by atoms with E-state index in [1.54, 1.807) is 4.90 Å². The smallest absolute Gasteiger partial charge is 0.346 e. The van der Waals surface area contributed by atoms with Gasteiger partial charge in [-0.15, -0.1) is 0 Å². The summed E-state index contributed by atoms with van der Waals surface area (Å²) in [6.45, 7) is 1.85. The van der Waals surface area contributed by atoms with Crippen molar-refractivity contribution in [1.82, 2.24) is 4.90 Å². The second-order valence-electron chi connectivity index (χ2n) is 3.96. The molecule has 0 unspecified atom stereocenters. The van der Waals surface area contributed by atoms with Crippen molar-refractivity contribution in [2.45, 2.75) is 6.92 Å². The lowest BCUT2D eigenvalue weighted by Crippen LogP contribution is -2.20. The van der Waals surface area contributed by atoms with E-state index in [4.69, 9.17) is 21.7 Å². The number of ether oxygens (including phenoxy) is 2. The number of thioether (sulfide) groups is 2. The zero-order valence-corrected chi connectivity index (χ0v) is 14.3. The topological polar surface area (TPSA) is 55.8 Å². The Balaban J connectivity index is 3.15. The van der Waals surface area contributed by atoms with Crippen molar-refractivity contribution >= 4 is 52.7 Å². The van der Waals surface area contributed by atoms with E-state index in [9.17, 15) is 9.59 Å². The first kappa shape index (κ1) is 17.1. The Morgan fingerprint density at radius 1 is 1.05 bits per heavy atom. The molecule has 0 aromatic rings. The standard InChI is InChI=1S/C12H15NO4S3/c1-6(9(18)13(2)3)12-19-7(10(14)16-4)8(20-12)11(15)17-5/h1-5H3. The molecule has 0 saturated carbocycles. The molecule has 0 aromatic heterocycles. The van der Waals surface area contributed by atoms with Gasteiger partial charge in [-0.25, -0.2) is 9.59 Å². The number of carbonyl (C=O) groups excluding carboxylic acids is 2. The molecule has 0 bridgehead atoms. The average Bonchev–Trinajstić information content (AvgIpc) is 2.88. The number of hydrogen-bond donors (Lipinski definition) is 0. The zero-order chi connectivity index (χ0) is 15.4. The van der Waals surface area contributed by atoms with Gasteiger partial charge in [-0.1, -0.05) is 35.7 Å². The van der Waals surface area contributed by atoms with Gasteiger partial charge in [0.05, 0.1) is 18.5 Å². The molecular weight excluding hydrogens is 318 g/mol. The lowest BCUT2D eigenvalue weighted by Gasteiger charge is -2.15. The molecule has 0 radical (unpaired) electrons. The van der Waals surface area contributed by atoms with Gasteiger partial charge in [0.2, 0.25) is 0 Å². The van der Waals surface area contributed by atoms with Crippen molar-refractivity contribution in [3.05, 3.63) is 19.6 Å². The van der Waals surface area contributed by atoms with Crippen LogP contribution in [-0.4, -0.2) is 50.1 Å². The summed E-state index contributed by atoms with van der Waals surface area (Å²) in [7, 11) is 6.22. The van der Waals surface area contributed by atoms with Crippen LogP contribution in [0.5, 0.6) is 0 Å². The molecule has 0 atom stereocenters. The van der Waals surface area contributed by atoms with Crippen LogP contribution in [0.3, 0.4) is 0 Å². The number of rotatable bonds is 3. The van der Waals surface area contributed by atoms with Gasteiger partial charge in [0.15, 0.2) is 0 Å². The van der Waals surface area contributed by atoms with Crippen LogP contribution in [0.25, 0.3) is 0 Å². The summed E-state index contributed by atoms with van der Waals surface area (Å²) in [5.74, 6) is -1.11. The largest absolute Gasteiger partial charge is 0.465 e. The minimum absolute atomic E-state index is 0.236. The fourth-order valence-corrected chi connectivity index (χ4v) is 4.03. The number of carbonyl (C=O) groups is 2. The molecule has 20 heavy (non-hydrogen) atoms. The summed E-state index contributed by atoms with van der Waals surface area (Å²) in [6.07, 6.45) is 0. The van der Waals surface area contributed by atoms with Crippen LogP contribution in [0.15, 0.2) is 19.6 Å². The third-order valence-corrected chi connectivity index (χ3v) is 5.80. The maximum absolute atomic E-state index is 11.7. The molecule has 8 heteroatoms. The van der Waals surface area contributed by atoms with Crippen LogP contribution in [0.1, 0.15) is 6.92 Å². The van der Waals surface area contributed by atoms with Gasteiger partial charge in [-0.05, 0) is 6.92 Å². The Morgan fingerprint density at radius 3 is 1.75 bits per heavy atom. The second-order valence-corrected chi connectivity index (χ2v) is 6.64. The monoisotopic (exact) mass is 333 g/mol. The normalized spacial score (nSPS) is 14.2. The fraction of sp³-hybridized carbons (Fsp3) is 0.417. The molecular formula is C12H15NO4S3. The first-order chi connectivity index (χ1) is 9.33. The second kappa shape index (κ2) is 7.14. The van der Waals surface area contributed by atoms with E-state index in [2.05, 4.69) is 0 Å². The minimum atomic E-state index is -0.554. The van der Waals surface area contributed by atoms with E-state index in [-0.39, 0.29) is 9.81 Å². The number of thiocarbonyl (C=S) groups is 1. The van der Waals surface area contributed by atoms with Crippen LogP contribution in [0, 0.1) is 0 Å². The number of methoxy groups -OCH3 is 2. The van der Waals surface area contributed by atoms with Crippen molar-refractivity contribution < 1.29 is 19.1 Å². The third kappa shape index (κ3) is 3.56. The molecule has 0 N–H and O–H groups in total. The molecule has 1 aliphatic rings. The highest BCUT2D eigenvalue weighted by molar-refractivity contribution is 8.29. The zero-order valence-electron chi connectivity index (χ0n) is 11.8. The Labute approximate surface area is 131 Å². The van der Waals surface area contributed by atoms with E-state index < -0.39 is 11.9 Å². The molecule has 0 amide bonds. The van der Waals surface area contributed by atoms with Gasteiger partial charge in [0.1, 0.15) is 14.8 Å². The maximum atomic E-state index is 11.7. The fourth-order valence-electron chi connectivity index (χ4n) is 1.33. The highest BCUT2D eigenvalue weighted by Crippen LogP contribution is 2.51. The molecule has 1 heterocycles. The quantitative estimate of drug-likeness (QED) is 0.442. The van der Waals surface area contributed by atoms with Crippen molar-refractivity contribution in [1.29, 1.82) is 0 Å². The lowest BCUT2D eigenvalue weighted by atomic mass is 10.3. The predicted molar refractivity (Wildman–Crippen MR) is 85.2 cm³/mol. The summed E-state index contributed by atoms with van der Waals surface area (Å²) in [6, 6.07) is 0. The van der Waals surface area contributed by atoms with Gasteiger partial charge in [0.25, 0.3) is 0 Å². The first-order valence-electron chi connectivity index (χ1n) is 5.52. The molecule has 0 saturated heterocycles. The molecule has 0 aromatic carbocycles. The Kier molecular flexibility index (Phi) is 6.09. The summed E-state index contributed by atoms with van der Waals surface area (Å²) in [4.78, 5) is 26.4. The van der Waals surface area contributed by atoms with Crippen LogP contribution < -0.4 is 0 Å². The van der Waals surface area contributed by atoms with Crippen LogP contribution in [0.4, 0.5) is 0 Å². The number of nitrogens with zero attached hydrogens (tertiary/aromatic N) is 1. The van der Waals surface area contributed by atoms with Crippen LogP contribution in [-0.2, 0) is 19.1 Å². The van der Waals surface area contributed by atoms with Gasteiger partial charge in [0, 0.05) is 19.7 Å². The summed E-state index contributed by atoms with van der Waals surface area (Å²) in [5, 5.41) is 0. The molecule has 5 nitrogen and oxygen atoms in total. The SMILES string of the molecule is COC(=O)C1=C(C(=O)OC)SC(=C(C)C(=S)N(C)C)S1. The summed E-state index contributed by atoms with van der Waals surface area (Å²) < 4.78 is 10.2. The predicted octanol–water partition coefficient (Wildman–Crippen LogP) is 2.14. The molecule has 0 spiro atoms. The minimum Gasteiger partial charge on any atom is -0.465 e. The van der Waals surface area contributed by atoms with E-state index in [0.717, 1.165) is 9.81 Å². The van der Waals surface area contributed by atoms with E-state index in [1.807, 2.05) is 21.0 Å². The van der Waals surface area contributed by atoms with E-state index in [0.29, 0.717) is 4.99 Å². The van der Waals surface area contributed by atoms with Crippen LogP contribution in [0.2, 0.25) is 0 Å². The summed E-state index contributed by atoms with van der Waals surface area (Å²) in [5.41, 5.74) is 0.834. The van der Waals surface area contributed by atoms with Crippen molar-refractivity contribution in [3.8, 4) is 0 Å². The van der Waals surface area contributed by atoms with Gasteiger partial charge in [-0.3, -0.25) is 0 Å². The van der Waals surface area contributed by atoms with Crippen molar-refractivity contribution in [3.63, 3.8) is 0 Å². The van der Waals surface area contributed by atoms with E-state index >= 15 is 0 Å². The van der Waals surface area contributed by atoms with Gasteiger partial charge < -0.3 is 14.4 Å². The molecule has 1 aliphatic heterocycles. The Bertz CT molecular complexity index is 493. The highest BCUT2D eigenvalue weighted by atomic mass is 32.2. The first-order valence-corrected chi connectivity index (χ1v) is 7.56. The highest BCUT2D eigenvalue weighted by Gasteiger charge is 2.33. The molecule has 0 fully saturated rings. The number of hydrogen-bond acceptors (Lipinski definition) is 7. The Morgan fingerprint density at radius 2 is 1.45 bits per heavy atom. The maximum Gasteiger partial charge on any atom is 0.346 e. The third-order valence-electron chi connectivity index (χ3n) is 2.37. The molecule has 110 valence electrons. The summed E-state index contributed by atoms with van der Waals surface area (Å²) >= 11 is 7.66. The molecule has 1 rings (SSSR count). The average molecular weight is 333 g/mol. The van der Waals surface area contributed by atoms with Crippen LogP contribution >= 0.6 is 35.7 Å².